The van der Waals surface area contributed by atoms with Crippen LogP contribution >= 0.6 is 11.9 Å². The number of nitrogens with zero attached hydrogens (tertiary/aromatic N) is 1. The molecule has 1 aromatic carbocycles. The van der Waals surface area contributed by atoms with Crippen molar-refractivity contribution in [2.45, 2.75) is 11.3 Å². The van der Waals surface area contributed by atoms with Gasteiger partial charge < -0.3 is 5.11 Å². The van der Waals surface area contributed by atoms with Crippen molar-refractivity contribution in [2.24, 2.45) is 4.40 Å². The molecule has 1 aliphatic heterocycles. The third-order valence-electron chi connectivity index (χ3n) is 2.02. The third kappa shape index (κ3) is 1.58. The predicted octanol–water partition coefficient (Wildman–Crippen LogP) is 0.972. The van der Waals surface area contributed by atoms with Crippen molar-refractivity contribution in [3.8, 4) is 0 Å². The van der Waals surface area contributed by atoms with Crippen LogP contribution in [0.15, 0.2) is 33.6 Å². The van der Waals surface area contributed by atoms with Crippen LogP contribution in [0.4, 0.5) is 0 Å². The molecule has 1 N–H and O–H groups in total. The quantitative estimate of drug-likeness (QED) is 0.727. The lowest BCUT2D eigenvalue weighted by Gasteiger charge is -2.14. The summed E-state index contributed by atoms with van der Waals surface area (Å²) >= 11 is -0.237. The van der Waals surface area contributed by atoms with Gasteiger partial charge in [-0.3, -0.25) is 0 Å². The van der Waals surface area contributed by atoms with E-state index in [0.29, 0.717) is 12.1 Å². The van der Waals surface area contributed by atoms with Gasteiger partial charge in [0.05, 0.1) is 0 Å². The Balaban J connectivity index is 2.33. The summed E-state index contributed by atoms with van der Waals surface area (Å²) in [4.78, 5) is 11.9. The zero-order valence-corrected chi connectivity index (χ0v) is 8.05. The van der Waals surface area contributed by atoms with Crippen LogP contribution in [0.5, 0.6) is 0 Å². The van der Waals surface area contributed by atoms with Gasteiger partial charge in [0.2, 0.25) is 0 Å². The largest absolute Gasteiger partial charge is 0.477 e. The second-order valence-corrected chi connectivity index (χ2v) is 4.02. The first kappa shape index (κ1) is 8.31. The highest BCUT2D eigenvalue weighted by atomic mass is 32.2. The predicted molar refractivity (Wildman–Crippen MR) is 55.3 cm³/mol. The van der Waals surface area contributed by atoms with Crippen molar-refractivity contribution < 1.29 is 9.90 Å². The molecule has 69 valence electrons. The van der Waals surface area contributed by atoms with Crippen LogP contribution in [-0.2, 0) is 11.2 Å². The van der Waals surface area contributed by atoms with Gasteiger partial charge >= 0.3 is 5.97 Å². The summed E-state index contributed by atoms with van der Waals surface area (Å²) in [6.07, 6.45) is 0.471. The summed E-state index contributed by atoms with van der Waals surface area (Å²) in [7, 11) is 0. The van der Waals surface area contributed by atoms with Gasteiger partial charge in [0.1, 0.15) is 5.71 Å². The number of benzene rings is 1. The first-order chi connectivity index (χ1) is 6.27. The Kier molecular flexibility index (Phi) is 2.06. The van der Waals surface area contributed by atoms with E-state index in [4.69, 9.17) is 5.11 Å². The topological polar surface area (TPSA) is 49.7 Å². The fourth-order valence-electron chi connectivity index (χ4n) is 1.33. The molecule has 1 radical (unpaired) electrons. The standard InChI is InChI=1S/C9H10NO2S/c11-9(12)7-5-6-3-1-2-4-8(6)13-10-7/h1-4H,5H2,13H3,(H,11,12). The molecule has 0 saturated carbocycles. The molecule has 1 aromatic rings. The fourth-order valence-corrected chi connectivity index (χ4v) is 2.38. The minimum atomic E-state index is -0.887. The van der Waals surface area contributed by atoms with Crippen molar-refractivity contribution in [1.82, 2.24) is 0 Å². The summed E-state index contributed by atoms with van der Waals surface area (Å²) in [5, 5.41) is 8.75. The van der Waals surface area contributed by atoms with E-state index in [2.05, 4.69) is 4.40 Å². The molecule has 0 aromatic heterocycles. The van der Waals surface area contributed by atoms with Crippen LogP contribution < -0.4 is 0 Å². The molecule has 3 nitrogen and oxygen atoms in total. The van der Waals surface area contributed by atoms with Gasteiger partial charge in [0.15, 0.2) is 0 Å². The number of carbonyl (C=O) groups is 1. The van der Waals surface area contributed by atoms with Crippen LogP contribution in [0.25, 0.3) is 0 Å². The van der Waals surface area contributed by atoms with Crippen molar-refractivity contribution in [3.05, 3.63) is 29.8 Å². The fraction of sp³-hybridized carbons (Fsp3) is 0.111. The third-order valence-corrected chi connectivity index (χ3v) is 3.30. The first-order valence-electron chi connectivity index (χ1n) is 3.98. The van der Waals surface area contributed by atoms with Crippen LogP contribution in [-0.4, -0.2) is 16.8 Å². The normalized spacial score (nSPS) is 15.2. The highest BCUT2D eigenvalue weighted by molar-refractivity contribution is 7.98. The van der Waals surface area contributed by atoms with E-state index in [-0.39, 0.29) is 11.9 Å². The number of rotatable bonds is 1. The van der Waals surface area contributed by atoms with E-state index in [0.717, 1.165) is 5.56 Å². The Morgan fingerprint density at radius 3 is 3.00 bits per heavy atom. The van der Waals surface area contributed by atoms with Crippen LogP contribution in [0, 0.1) is 0 Å². The second-order valence-electron chi connectivity index (χ2n) is 2.89. The molecular formula is C9H10NO2S. The molecule has 0 saturated heterocycles. The molecule has 0 bridgehead atoms. The number of aliphatic carboxylic acids is 1. The van der Waals surface area contributed by atoms with Crippen molar-refractivity contribution >= 4 is 23.6 Å². The van der Waals surface area contributed by atoms with Crippen LogP contribution in [0.2, 0.25) is 0 Å². The lowest BCUT2D eigenvalue weighted by molar-refractivity contribution is -0.129. The van der Waals surface area contributed by atoms with Crippen LogP contribution in [0.3, 0.4) is 0 Å². The molecule has 4 heteroatoms. The van der Waals surface area contributed by atoms with Gasteiger partial charge in [-0.05, 0) is 16.5 Å². The molecule has 0 aliphatic carbocycles. The Morgan fingerprint density at radius 1 is 1.46 bits per heavy atom. The number of carboxylic acid groups (broad SMARTS) is 1. The number of fused-ring (bicyclic) bond motifs is 1. The van der Waals surface area contributed by atoms with E-state index in [1.54, 1.807) is 0 Å². The molecule has 0 unspecified atom stereocenters. The Hall–Kier alpha value is -1.29. The van der Waals surface area contributed by atoms with E-state index in [1.165, 1.54) is 4.90 Å². The molecule has 0 spiro atoms. The summed E-state index contributed by atoms with van der Waals surface area (Å²) in [5.74, 6) is -0.887. The second kappa shape index (κ2) is 3.22. The van der Waals surface area contributed by atoms with Crippen molar-refractivity contribution in [1.29, 1.82) is 0 Å². The van der Waals surface area contributed by atoms with Gasteiger partial charge in [0, 0.05) is 6.42 Å². The number of hydrogen-bond donors (Lipinski definition) is 1. The lowest BCUT2D eigenvalue weighted by atomic mass is 10.1. The molecule has 0 fully saturated rings. The minimum absolute atomic E-state index is 0.237. The van der Waals surface area contributed by atoms with Crippen molar-refractivity contribution in [2.75, 3.05) is 0 Å². The molecular weight excluding hydrogens is 186 g/mol. The maximum Gasteiger partial charge on any atom is 0.351 e. The van der Waals surface area contributed by atoms with Gasteiger partial charge in [-0.1, -0.05) is 18.2 Å². The summed E-state index contributed by atoms with van der Waals surface area (Å²) in [6.45, 7) is 0. The maximum absolute atomic E-state index is 10.6. The van der Waals surface area contributed by atoms with E-state index >= 15 is 0 Å². The van der Waals surface area contributed by atoms with Crippen molar-refractivity contribution in [3.63, 3.8) is 0 Å². The van der Waals surface area contributed by atoms with Gasteiger partial charge in [0.25, 0.3) is 0 Å². The van der Waals surface area contributed by atoms with E-state index < -0.39 is 5.97 Å². The van der Waals surface area contributed by atoms with E-state index in [1.807, 2.05) is 24.3 Å². The number of carboxylic acids is 1. The zero-order chi connectivity index (χ0) is 9.26. The highest BCUT2D eigenvalue weighted by Gasteiger charge is 2.15. The molecule has 13 heavy (non-hydrogen) atoms. The summed E-state index contributed by atoms with van der Waals surface area (Å²) in [5.41, 5.74) is 1.42. The number of hydrogen-bond acceptors (Lipinski definition) is 2. The molecule has 1 aliphatic rings. The van der Waals surface area contributed by atoms with Gasteiger partial charge in [-0.2, -0.15) is 11.9 Å². The monoisotopic (exact) mass is 196 g/mol. The van der Waals surface area contributed by atoms with Gasteiger partial charge in [-0.15, -0.1) is 0 Å². The van der Waals surface area contributed by atoms with Gasteiger partial charge in [-0.25, -0.2) is 9.19 Å². The Labute approximate surface area is 79.6 Å². The molecule has 0 atom stereocenters. The summed E-state index contributed by atoms with van der Waals surface area (Å²) < 4.78 is 4.07. The smallest absolute Gasteiger partial charge is 0.351 e. The SMILES string of the molecule is O=C(O)C1=N[SH3]c2ccccc2C1. The minimum Gasteiger partial charge on any atom is -0.477 e. The van der Waals surface area contributed by atoms with E-state index in [9.17, 15) is 4.79 Å². The average Bonchev–Trinajstić information content (AvgIpc) is 2.17. The average molecular weight is 196 g/mol. The Morgan fingerprint density at radius 2 is 2.23 bits per heavy atom. The van der Waals surface area contributed by atoms with Crippen LogP contribution in [0.1, 0.15) is 5.56 Å². The highest BCUT2D eigenvalue weighted by Crippen LogP contribution is 2.28. The molecule has 2 rings (SSSR count). The maximum atomic E-state index is 10.6. The lowest BCUT2D eigenvalue weighted by Crippen LogP contribution is -2.17. The zero-order valence-electron chi connectivity index (χ0n) is 6.90. The first-order valence-corrected chi connectivity index (χ1v) is 5.08. The summed E-state index contributed by atoms with van der Waals surface area (Å²) in [6, 6.07) is 7.89. The molecule has 0 amide bonds. The molecule has 1 heterocycles. The Bertz CT molecular complexity index is 387.